The van der Waals surface area contributed by atoms with Crippen LogP contribution in [0.4, 0.5) is 0 Å². The minimum atomic E-state index is -0.949. The van der Waals surface area contributed by atoms with Crippen LogP contribution in [0.15, 0.2) is 46.9 Å². The van der Waals surface area contributed by atoms with E-state index < -0.39 is 12.1 Å². The number of nitrogens with one attached hydrogen (secondary N) is 1. The van der Waals surface area contributed by atoms with Crippen LogP contribution in [0.25, 0.3) is 0 Å². The third-order valence-electron chi connectivity index (χ3n) is 4.07. The Morgan fingerprint density at radius 3 is 2.43 bits per heavy atom. The highest BCUT2D eigenvalue weighted by Crippen LogP contribution is 2.36. The Morgan fingerprint density at radius 2 is 1.82 bits per heavy atom. The molecule has 0 saturated carbocycles. The maximum absolute atomic E-state index is 12.5. The van der Waals surface area contributed by atoms with E-state index in [1.807, 2.05) is 44.2 Å². The number of rotatable bonds is 8. The zero-order valence-corrected chi connectivity index (χ0v) is 17.9. The number of carbonyl (C=O) groups excluding carboxylic acids is 2. The van der Waals surface area contributed by atoms with Gasteiger partial charge in [0.15, 0.2) is 17.6 Å². The number of hydrogen-bond donors (Lipinski definition) is 1. The summed E-state index contributed by atoms with van der Waals surface area (Å²) in [5, 5.41) is 2.84. The lowest BCUT2D eigenvalue weighted by Gasteiger charge is -2.19. The first kappa shape index (κ1) is 21.8. The molecule has 1 N–H and O–H groups in total. The summed E-state index contributed by atoms with van der Waals surface area (Å²) in [6, 6.07) is 12.5. The van der Waals surface area contributed by atoms with Crippen molar-refractivity contribution >= 4 is 27.8 Å². The maximum atomic E-state index is 12.5. The van der Waals surface area contributed by atoms with Gasteiger partial charge in [0.05, 0.1) is 29.8 Å². The fourth-order valence-electron chi connectivity index (χ4n) is 2.56. The lowest BCUT2D eigenvalue weighted by atomic mass is 10.1. The molecular formula is C21H24BrNO5. The van der Waals surface area contributed by atoms with Crippen LogP contribution >= 0.6 is 15.9 Å². The van der Waals surface area contributed by atoms with Crippen molar-refractivity contribution in [3.63, 3.8) is 0 Å². The predicted octanol–water partition coefficient (Wildman–Crippen LogP) is 4.28. The maximum Gasteiger partial charge on any atom is 0.339 e. The van der Waals surface area contributed by atoms with E-state index in [0.717, 1.165) is 5.56 Å². The van der Waals surface area contributed by atoms with E-state index in [1.165, 1.54) is 20.1 Å². The van der Waals surface area contributed by atoms with Crippen LogP contribution in [-0.2, 0) is 9.53 Å². The second-order valence-electron chi connectivity index (χ2n) is 6.11. The second-order valence-corrected chi connectivity index (χ2v) is 6.97. The largest absolute Gasteiger partial charge is 0.493 e. The molecule has 0 aliphatic heterocycles. The van der Waals surface area contributed by atoms with Gasteiger partial charge in [0.25, 0.3) is 5.91 Å². The molecule has 2 atom stereocenters. The van der Waals surface area contributed by atoms with Crippen molar-refractivity contribution in [3.8, 4) is 11.5 Å². The van der Waals surface area contributed by atoms with Crippen molar-refractivity contribution in [3.05, 3.63) is 58.1 Å². The van der Waals surface area contributed by atoms with E-state index in [1.54, 1.807) is 6.07 Å². The molecule has 6 nitrogen and oxygen atoms in total. The van der Waals surface area contributed by atoms with Crippen LogP contribution in [0.3, 0.4) is 0 Å². The number of halogens is 1. The van der Waals surface area contributed by atoms with Gasteiger partial charge < -0.3 is 19.5 Å². The predicted molar refractivity (Wildman–Crippen MR) is 110 cm³/mol. The minimum absolute atomic E-state index is 0.199. The molecule has 1 amide bonds. The Hall–Kier alpha value is -2.54. The minimum Gasteiger partial charge on any atom is -0.493 e. The van der Waals surface area contributed by atoms with Crippen LogP contribution in [0.1, 0.15) is 42.7 Å². The van der Waals surface area contributed by atoms with E-state index >= 15 is 0 Å². The number of carbonyl (C=O) groups is 2. The highest BCUT2D eigenvalue weighted by molar-refractivity contribution is 9.10. The molecule has 2 aromatic rings. The quantitative estimate of drug-likeness (QED) is 0.608. The third-order valence-corrected chi connectivity index (χ3v) is 4.65. The molecule has 0 fully saturated rings. The third kappa shape index (κ3) is 5.48. The van der Waals surface area contributed by atoms with Crippen LogP contribution in [0.5, 0.6) is 11.5 Å². The van der Waals surface area contributed by atoms with Crippen molar-refractivity contribution < 1.29 is 23.8 Å². The first-order valence-corrected chi connectivity index (χ1v) is 9.73. The first-order valence-electron chi connectivity index (χ1n) is 8.94. The van der Waals surface area contributed by atoms with Crippen molar-refractivity contribution in [2.75, 3.05) is 13.7 Å². The number of ether oxygens (including phenoxy) is 3. The van der Waals surface area contributed by atoms with Crippen LogP contribution in [0, 0.1) is 0 Å². The van der Waals surface area contributed by atoms with Gasteiger partial charge >= 0.3 is 5.97 Å². The number of amides is 1. The molecule has 0 spiro atoms. The van der Waals surface area contributed by atoms with Crippen molar-refractivity contribution in [2.24, 2.45) is 0 Å². The van der Waals surface area contributed by atoms with Gasteiger partial charge in [-0.2, -0.15) is 0 Å². The summed E-state index contributed by atoms with van der Waals surface area (Å²) in [5.41, 5.74) is 1.22. The highest BCUT2D eigenvalue weighted by atomic mass is 79.9. The van der Waals surface area contributed by atoms with Gasteiger partial charge in [-0.25, -0.2) is 4.79 Å². The first-order chi connectivity index (χ1) is 13.4. The Kier molecular flexibility index (Phi) is 7.87. The summed E-state index contributed by atoms with van der Waals surface area (Å²) in [6.45, 7) is 5.71. The molecule has 0 bridgehead atoms. The number of benzene rings is 2. The Labute approximate surface area is 173 Å². The summed E-state index contributed by atoms with van der Waals surface area (Å²) in [4.78, 5) is 24.9. The number of hydrogen-bond acceptors (Lipinski definition) is 5. The molecule has 0 aliphatic carbocycles. The van der Waals surface area contributed by atoms with E-state index in [4.69, 9.17) is 14.2 Å². The van der Waals surface area contributed by atoms with E-state index in [0.29, 0.717) is 22.6 Å². The Bertz CT molecular complexity index is 825. The topological polar surface area (TPSA) is 73.9 Å². The van der Waals surface area contributed by atoms with Crippen LogP contribution in [-0.4, -0.2) is 31.7 Å². The van der Waals surface area contributed by atoms with Crippen molar-refractivity contribution in [1.29, 1.82) is 0 Å². The van der Waals surface area contributed by atoms with Gasteiger partial charge in [0, 0.05) is 0 Å². The standard InChI is InChI=1S/C21H24BrNO5/c1-5-27-19-17(22)11-16(12-18(19)26-4)21(25)28-14(3)20(24)23-13(2)15-9-7-6-8-10-15/h6-14H,5H2,1-4H3,(H,23,24). The van der Waals surface area contributed by atoms with Crippen LogP contribution in [0.2, 0.25) is 0 Å². The Balaban J connectivity index is 2.05. The molecule has 150 valence electrons. The number of esters is 1. The molecular weight excluding hydrogens is 426 g/mol. The number of methoxy groups -OCH3 is 1. The van der Waals surface area contributed by atoms with E-state index in [9.17, 15) is 9.59 Å². The molecule has 2 aromatic carbocycles. The zero-order chi connectivity index (χ0) is 20.7. The molecule has 2 rings (SSSR count). The van der Waals surface area contributed by atoms with Gasteiger partial charge in [-0.05, 0) is 54.4 Å². The highest BCUT2D eigenvalue weighted by Gasteiger charge is 2.22. The monoisotopic (exact) mass is 449 g/mol. The molecule has 2 unspecified atom stereocenters. The molecule has 7 heteroatoms. The smallest absolute Gasteiger partial charge is 0.339 e. The summed E-state index contributed by atoms with van der Waals surface area (Å²) >= 11 is 3.37. The molecule has 28 heavy (non-hydrogen) atoms. The summed E-state index contributed by atoms with van der Waals surface area (Å²) < 4.78 is 16.7. The normalized spacial score (nSPS) is 12.6. The van der Waals surface area contributed by atoms with Gasteiger partial charge in [0.2, 0.25) is 0 Å². The zero-order valence-electron chi connectivity index (χ0n) is 16.3. The SMILES string of the molecule is CCOc1c(Br)cc(C(=O)OC(C)C(=O)NC(C)c2ccccc2)cc1OC. The van der Waals surface area contributed by atoms with E-state index in [-0.39, 0.29) is 17.5 Å². The van der Waals surface area contributed by atoms with Gasteiger partial charge in [-0.1, -0.05) is 30.3 Å². The summed E-state index contributed by atoms with van der Waals surface area (Å²) in [5.74, 6) is -0.0965. The lowest BCUT2D eigenvalue weighted by molar-refractivity contribution is -0.129. The lowest BCUT2D eigenvalue weighted by Crippen LogP contribution is -2.37. The second kappa shape index (κ2) is 10.1. The van der Waals surface area contributed by atoms with Crippen molar-refractivity contribution in [2.45, 2.75) is 32.9 Å². The fraction of sp³-hybridized carbons (Fsp3) is 0.333. The molecule has 0 radical (unpaired) electrons. The average Bonchev–Trinajstić information content (AvgIpc) is 2.69. The van der Waals surface area contributed by atoms with Gasteiger partial charge in [-0.15, -0.1) is 0 Å². The van der Waals surface area contributed by atoms with E-state index in [2.05, 4.69) is 21.2 Å². The average molecular weight is 450 g/mol. The van der Waals surface area contributed by atoms with Gasteiger partial charge in [-0.3, -0.25) is 4.79 Å². The summed E-state index contributed by atoms with van der Waals surface area (Å²) in [6.07, 6.45) is -0.949. The molecule has 0 aromatic heterocycles. The molecule has 0 aliphatic rings. The summed E-state index contributed by atoms with van der Waals surface area (Å²) in [7, 11) is 1.49. The van der Waals surface area contributed by atoms with Crippen molar-refractivity contribution in [1.82, 2.24) is 5.32 Å². The molecule has 0 saturated heterocycles. The van der Waals surface area contributed by atoms with Crippen LogP contribution < -0.4 is 14.8 Å². The fourth-order valence-corrected chi connectivity index (χ4v) is 3.12. The Morgan fingerprint density at radius 1 is 1.14 bits per heavy atom. The van der Waals surface area contributed by atoms with Gasteiger partial charge in [0.1, 0.15) is 0 Å². The molecule has 0 heterocycles.